The van der Waals surface area contributed by atoms with Crippen LogP contribution in [0.4, 0.5) is 24.5 Å². The highest BCUT2D eigenvalue weighted by atomic mass is 19.4. The number of aryl methyl sites for hydroxylation is 1. The van der Waals surface area contributed by atoms with E-state index in [2.05, 4.69) is 15.6 Å². The topological polar surface area (TPSA) is 151 Å². The number of pyridine rings is 2. The van der Waals surface area contributed by atoms with Gasteiger partial charge < -0.3 is 15.0 Å². The van der Waals surface area contributed by atoms with Gasteiger partial charge in [-0.15, -0.1) is 0 Å². The van der Waals surface area contributed by atoms with Crippen LogP contribution in [0.1, 0.15) is 55.2 Å². The molecule has 2 aromatic carbocycles. The molecule has 51 heavy (non-hydrogen) atoms. The summed E-state index contributed by atoms with van der Waals surface area (Å²) >= 11 is 0. The Morgan fingerprint density at radius 1 is 0.922 bits per heavy atom. The molecule has 2 fully saturated rings. The summed E-state index contributed by atoms with van der Waals surface area (Å²) in [5.41, 5.74) is 2.51. The first-order valence-electron chi connectivity index (χ1n) is 16.0. The Morgan fingerprint density at radius 3 is 2.41 bits per heavy atom. The van der Waals surface area contributed by atoms with Crippen LogP contribution in [-0.4, -0.2) is 76.7 Å². The molecule has 0 bridgehead atoms. The number of carbonyl (C=O) groups is 5. The summed E-state index contributed by atoms with van der Waals surface area (Å²) in [5.74, 6) is -3.23. The van der Waals surface area contributed by atoms with Crippen molar-refractivity contribution in [3.05, 3.63) is 94.9 Å². The van der Waals surface area contributed by atoms with Gasteiger partial charge in [0.15, 0.2) is 0 Å². The molecule has 0 aliphatic carbocycles. The van der Waals surface area contributed by atoms with Crippen molar-refractivity contribution in [3.8, 4) is 22.4 Å². The lowest BCUT2D eigenvalue weighted by Crippen LogP contribution is -2.54. The number of anilines is 2. The summed E-state index contributed by atoms with van der Waals surface area (Å²) in [5, 5.41) is 4.83. The first kappa shape index (κ1) is 33.5. The first-order chi connectivity index (χ1) is 24.4. The van der Waals surface area contributed by atoms with Crippen molar-refractivity contribution in [3.63, 3.8) is 0 Å². The zero-order valence-electron chi connectivity index (χ0n) is 27.0. The Morgan fingerprint density at radius 2 is 1.67 bits per heavy atom. The number of morpholine rings is 1. The van der Waals surface area contributed by atoms with E-state index in [-0.39, 0.29) is 35.2 Å². The molecule has 2 N–H and O–H groups in total. The van der Waals surface area contributed by atoms with Gasteiger partial charge in [0, 0.05) is 53.7 Å². The number of rotatable bonds is 6. The van der Waals surface area contributed by atoms with Crippen LogP contribution in [0.2, 0.25) is 0 Å². The first-order valence-corrected chi connectivity index (χ1v) is 16.0. The molecule has 4 aromatic rings. The molecule has 3 aliphatic rings. The zero-order valence-corrected chi connectivity index (χ0v) is 27.0. The summed E-state index contributed by atoms with van der Waals surface area (Å²) in [6, 6.07) is 11.3. The van der Waals surface area contributed by atoms with Crippen LogP contribution in [-0.2, 0) is 20.5 Å². The zero-order chi connectivity index (χ0) is 36.0. The Hall–Kier alpha value is -5.96. The second kappa shape index (κ2) is 13.1. The smallest absolute Gasteiger partial charge is 0.378 e. The van der Waals surface area contributed by atoms with E-state index in [1.807, 2.05) is 11.0 Å². The third-order valence-corrected chi connectivity index (χ3v) is 9.05. The molecule has 1 atom stereocenters. The van der Waals surface area contributed by atoms with Gasteiger partial charge in [-0.1, -0.05) is 18.2 Å². The fraction of sp³-hybridized carbons (Fsp3) is 0.250. The number of amides is 5. The average Bonchev–Trinajstić information content (AvgIpc) is 3.38. The van der Waals surface area contributed by atoms with Gasteiger partial charge in [-0.3, -0.25) is 44.2 Å². The van der Waals surface area contributed by atoms with Crippen LogP contribution < -0.4 is 15.5 Å². The minimum atomic E-state index is -4.61. The third-order valence-electron chi connectivity index (χ3n) is 9.05. The Balaban J connectivity index is 1.25. The summed E-state index contributed by atoms with van der Waals surface area (Å²) < 4.78 is 45.3. The summed E-state index contributed by atoms with van der Waals surface area (Å²) in [6.07, 6.45) is -1.63. The number of nitrogens with one attached hydrogen (secondary N) is 2. The van der Waals surface area contributed by atoms with Crippen molar-refractivity contribution in [1.82, 2.24) is 20.2 Å². The quantitative estimate of drug-likeness (QED) is 0.275. The summed E-state index contributed by atoms with van der Waals surface area (Å²) in [4.78, 5) is 77.0. The van der Waals surface area contributed by atoms with Crippen molar-refractivity contribution in [2.45, 2.75) is 32.0 Å². The van der Waals surface area contributed by atoms with Gasteiger partial charge in [-0.25, -0.2) is 0 Å². The molecular weight excluding hydrogens is 669 g/mol. The minimum Gasteiger partial charge on any atom is -0.378 e. The predicted octanol–water partition coefficient (Wildman–Crippen LogP) is 4.63. The van der Waals surface area contributed by atoms with Gasteiger partial charge in [0.05, 0.1) is 53.2 Å². The van der Waals surface area contributed by atoms with Crippen molar-refractivity contribution in [1.29, 1.82) is 0 Å². The normalized spacial score (nSPS) is 17.8. The van der Waals surface area contributed by atoms with Crippen LogP contribution in [0.3, 0.4) is 0 Å². The molecular formula is C36H29F3N6O6. The number of hydrogen-bond donors (Lipinski definition) is 2. The second-order valence-corrected chi connectivity index (χ2v) is 12.3. The van der Waals surface area contributed by atoms with Gasteiger partial charge in [0.1, 0.15) is 6.04 Å². The highest BCUT2D eigenvalue weighted by Gasteiger charge is 2.46. The molecule has 5 amide bonds. The van der Waals surface area contributed by atoms with Crippen LogP contribution in [0.15, 0.2) is 67.0 Å². The fourth-order valence-electron chi connectivity index (χ4n) is 6.50. The van der Waals surface area contributed by atoms with E-state index in [1.165, 1.54) is 18.3 Å². The van der Waals surface area contributed by atoms with Gasteiger partial charge in [-0.2, -0.15) is 13.2 Å². The fourth-order valence-corrected chi connectivity index (χ4v) is 6.50. The Labute approximate surface area is 288 Å². The molecule has 5 heterocycles. The van der Waals surface area contributed by atoms with Crippen LogP contribution >= 0.6 is 0 Å². The van der Waals surface area contributed by atoms with E-state index in [0.29, 0.717) is 60.1 Å². The van der Waals surface area contributed by atoms with E-state index in [1.54, 1.807) is 31.3 Å². The lowest BCUT2D eigenvalue weighted by atomic mass is 9.96. The number of imide groups is 2. The maximum absolute atomic E-state index is 13.9. The molecule has 2 aromatic heterocycles. The van der Waals surface area contributed by atoms with Crippen LogP contribution in [0, 0.1) is 6.92 Å². The monoisotopic (exact) mass is 698 g/mol. The number of aromatic nitrogens is 2. The molecule has 15 heteroatoms. The molecule has 7 rings (SSSR count). The van der Waals surface area contributed by atoms with Crippen molar-refractivity contribution >= 4 is 40.9 Å². The average molecular weight is 699 g/mol. The largest absolute Gasteiger partial charge is 0.416 e. The van der Waals surface area contributed by atoms with E-state index in [4.69, 9.17) is 9.72 Å². The molecule has 12 nitrogen and oxygen atoms in total. The molecule has 2 saturated heterocycles. The predicted molar refractivity (Wildman–Crippen MR) is 177 cm³/mol. The maximum Gasteiger partial charge on any atom is 0.416 e. The molecule has 260 valence electrons. The van der Waals surface area contributed by atoms with Crippen molar-refractivity contribution in [2.24, 2.45) is 0 Å². The molecule has 0 spiro atoms. The molecule has 1 unspecified atom stereocenters. The number of carbonyl (C=O) groups excluding carboxylic acids is 5. The number of benzene rings is 2. The highest BCUT2D eigenvalue weighted by Crippen LogP contribution is 2.40. The molecule has 3 aliphatic heterocycles. The number of piperidine rings is 1. The Kier molecular flexibility index (Phi) is 8.59. The van der Waals surface area contributed by atoms with Gasteiger partial charge in [0.2, 0.25) is 11.8 Å². The number of fused-ring (bicyclic) bond motifs is 1. The Bertz CT molecular complexity index is 2130. The number of alkyl halides is 3. The number of halogens is 3. The van der Waals surface area contributed by atoms with Crippen molar-refractivity contribution in [2.75, 3.05) is 36.5 Å². The van der Waals surface area contributed by atoms with E-state index in [9.17, 15) is 37.1 Å². The molecule has 0 saturated carbocycles. The van der Waals surface area contributed by atoms with E-state index < -0.39 is 47.3 Å². The number of nitrogens with zero attached hydrogens (tertiary/aromatic N) is 4. The lowest BCUT2D eigenvalue weighted by molar-refractivity contribution is -0.138. The van der Waals surface area contributed by atoms with Gasteiger partial charge in [0.25, 0.3) is 17.7 Å². The minimum absolute atomic E-state index is 0.00867. The SMILES string of the molecule is Cc1ncc(NC(=O)c2cccc(C(F)(F)F)c2)cc1-c1cnc(-c2cccc3c2C(=O)N(C2CCC(=O)NC2=O)C3=O)c(N2CCOCC2)c1. The number of ether oxygens (including phenoxy) is 1. The summed E-state index contributed by atoms with van der Waals surface area (Å²) in [6.45, 7) is 3.59. The van der Waals surface area contributed by atoms with Crippen LogP contribution in [0.5, 0.6) is 0 Å². The molecule has 0 radical (unpaired) electrons. The highest BCUT2D eigenvalue weighted by molar-refractivity contribution is 6.26. The van der Waals surface area contributed by atoms with E-state index >= 15 is 0 Å². The maximum atomic E-state index is 13.9. The van der Waals surface area contributed by atoms with Crippen LogP contribution in [0.25, 0.3) is 22.4 Å². The summed E-state index contributed by atoms with van der Waals surface area (Å²) in [7, 11) is 0. The van der Waals surface area contributed by atoms with Gasteiger partial charge >= 0.3 is 6.18 Å². The van der Waals surface area contributed by atoms with Crippen molar-refractivity contribution < 1.29 is 41.9 Å². The van der Waals surface area contributed by atoms with E-state index in [0.717, 1.165) is 23.1 Å². The van der Waals surface area contributed by atoms with Gasteiger partial charge in [-0.05, 0) is 49.7 Å². The third kappa shape index (κ3) is 6.31. The second-order valence-electron chi connectivity index (χ2n) is 12.3. The lowest BCUT2D eigenvalue weighted by Gasteiger charge is -2.31. The standard InChI is InChI=1S/C36H29F3N6O6/c1-19-26(16-23(18-40-19)42-32(47)20-4-2-5-22(14-20)36(37,38)39)21-15-28(44-10-12-51-13-11-44)31(41-17-21)24-6-3-7-25-30(24)35(50)45(34(25)49)27-8-9-29(46)43-33(27)48/h2-7,14-18,27H,8-13H2,1H3,(H,42,47)(H,43,46,48). The number of hydrogen-bond acceptors (Lipinski definition) is 9.